The summed E-state index contributed by atoms with van der Waals surface area (Å²) in [6.45, 7) is 13.6. The van der Waals surface area contributed by atoms with E-state index >= 15 is 0 Å². The Labute approximate surface area is 139 Å². The molecule has 0 bridgehead atoms. The number of nitrogens with zero attached hydrogens (tertiary/aromatic N) is 1. The minimum absolute atomic E-state index is 0.0203. The number of ether oxygens (including phenoxy) is 2. The fourth-order valence-electron chi connectivity index (χ4n) is 2.90. The molecule has 1 aliphatic heterocycles. The van der Waals surface area contributed by atoms with Crippen molar-refractivity contribution in [2.75, 3.05) is 13.1 Å². The Balaban J connectivity index is 1.98. The van der Waals surface area contributed by atoms with E-state index in [1.54, 1.807) is 0 Å². The van der Waals surface area contributed by atoms with Gasteiger partial charge in [0, 0.05) is 13.1 Å². The van der Waals surface area contributed by atoms with Crippen LogP contribution in [0.3, 0.4) is 0 Å². The van der Waals surface area contributed by atoms with Crippen molar-refractivity contribution in [3.05, 3.63) is 29.8 Å². The van der Waals surface area contributed by atoms with E-state index in [0.29, 0.717) is 13.1 Å². The number of amides is 1. The number of hydrogen-bond donors (Lipinski definition) is 0. The van der Waals surface area contributed by atoms with Crippen molar-refractivity contribution in [1.82, 2.24) is 4.90 Å². The van der Waals surface area contributed by atoms with Crippen molar-refractivity contribution < 1.29 is 14.3 Å². The predicted molar refractivity (Wildman–Crippen MR) is 91.8 cm³/mol. The van der Waals surface area contributed by atoms with E-state index in [9.17, 15) is 4.79 Å². The number of carbonyl (C=O) groups is 1. The summed E-state index contributed by atoms with van der Waals surface area (Å²) in [4.78, 5) is 14.4. The highest BCUT2D eigenvalue weighted by Crippen LogP contribution is 2.25. The van der Waals surface area contributed by atoms with Gasteiger partial charge < -0.3 is 14.4 Å². The van der Waals surface area contributed by atoms with Crippen molar-refractivity contribution in [3.63, 3.8) is 0 Å². The van der Waals surface area contributed by atoms with Crippen LogP contribution in [0.4, 0.5) is 0 Å². The molecule has 1 aromatic carbocycles. The predicted octanol–water partition coefficient (Wildman–Crippen LogP) is 3.39. The van der Waals surface area contributed by atoms with E-state index in [1.165, 1.54) is 5.56 Å². The van der Waals surface area contributed by atoms with Crippen molar-refractivity contribution in [2.45, 2.75) is 65.3 Å². The molecule has 1 aromatic rings. The molecule has 1 heterocycles. The van der Waals surface area contributed by atoms with Gasteiger partial charge in [-0.25, -0.2) is 0 Å². The molecule has 3 atom stereocenters. The van der Waals surface area contributed by atoms with Gasteiger partial charge >= 0.3 is 0 Å². The first-order valence-electron chi connectivity index (χ1n) is 8.38. The lowest BCUT2D eigenvalue weighted by molar-refractivity contribution is -0.149. The Hall–Kier alpha value is -1.55. The van der Waals surface area contributed by atoms with Gasteiger partial charge in [0.2, 0.25) is 0 Å². The van der Waals surface area contributed by atoms with Gasteiger partial charge in [0.1, 0.15) is 5.75 Å². The van der Waals surface area contributed by atoms with E-state index in [-0.39, 0.29) is 23.5 Å². The number of carbonyl (C=O) groups excluding carboxylic acids is 1. The van der Waals surface area contributed by atoms with E-state index in [4.69, 9.17) is 9.47 Å². The summed E-state index contributed by atoms with van der Waals surface area (Å²) in [7, 11) is 0. The zero-order valence-corrected chi connectivity index (χ0v) is 15.1. The molecule has 1 saturated heterocycles. The fourth-order valence-corrected chi connectivity index (χ4v) is 2.90. The Morgan fingerprint density at radius 3 is 2.17 bits per heavy atom. The zero-order valence-electron chi connectivity index (χ0n) is 15.1. The molecule has 1 aliphatic rings. The fraction of sp³-hybridized carbons (Fsp3) is 0.632. The van der Waals surface area contributed by atoms with E-state index in [1.807, 2.05) is 37.8 Å². The third kappa shape index (κ3) is 4.71. The summed E-state index contributed by atoms with van der Waals surface area (Å²) in [6.07, 6.45) is -0.352. The molecule has 2 rings (SSSR count). The van der Waals surface area contributed by atoms with Gasteiger partial charge in [-0.15, -0.1) is 0 Å². The molecule has 0 radical (unpaired) electrons. The lowest BCUT2D eigenvalue weighted by Crippen LogP contribution is -2.51. The third-order valence-corrected chi connectivity index (χ3v) is 4.11. The summed E-state index contributed by atoms with van der Waals surface area (Å²) < 4.78 is 11.5. The average molecular weight is 319 g/mol. The maximum Gasteiger partial charge on any atom is 0.263 e. The molecular weight excluding hydrogens is 290 g/mol. The van der Waals surface area contributed by atoms with E-state index in [2.05, 4.69) is 32.9 Å². The van der Waals surface area contributed by atoms with Gasteiger partial charge in [-0.05, 0) is 43.9 Å². The number of benzene rings is 1. The molecule has 1 amide bonds. The normalized spacial score (nSPS) is 23.5. The molecule has 1 fully saturated rings. The quantitative estimate of drug-likeness (QED) is 0.857. The van der Waals surface area contributed by atoms with Gasteiger partial charge in [-0.2, -0.15) is 0 Å². The number of morpholine rings is 1. The van der Waals surface area contributed by atoms with Crippen LogP contribution >= 0.6 is 0 Å². The Kier molecular flexibility index (Phi) is 5.35. The summed E-state index contributed by atoms with van der Waals surface area (Å²) in [5, 5.41) is 0. The lowest BCUT2D eigenvalue weighted by Gasteiger charge is -2.36. The number of rotatable bonds is 3. The molecule has 0 unspecified atom stereocenters. The third-order valence-electron chi connectivity index (χ3n) is 4.11. The first-order valence-corrected chi connectivity index (χ1v) is 8.38. The van der Waals surface area contributed by atoms with Crippen molar-refractivity contribution in [2.24, 2.45) is 0 Å². The maximum absolute atomic E-state index is 12.6. The molecule has 0 N–H and O–H groups in total. The summed E-state index contributed by atoms with van der Waals surface area (Å²) in [5.41, 5.74) is 1.36. The van der Waals surface area contributed by atoms with Crippen LogP contribution in [0.1, 0.15) is 47.1 Å². The first-order chi connectivity index (χ1) is 10.7. The van der Waals surface area contributed by atoms with Crippen LogP contribution in [0.25, 0.3) is 0 Å². The van der Waals surface area contributed by atoms with E-state index < -0.39 is 6.10 Å². The van der Waals surface area contributed by atoms with Crippen LogP contribution in [0.5, 0.6) is 5.75 Å². The second-order valence-corrected chi connectivity index (χ2v) is 7.53. The zero-order chi connectivity index (χ0) is 17.2. The standard InChI is InChI=1S/C19H29NO3/c1-13-11-20(12-14(2)22-13)18(21)15(3)23-17-9-7-16(8-10-17)19(4,5)6/h7-10,13-15H,11-12H2,1-6H3/t13-,14+,15-/m0/s1. The first kappa shape index (κ1) is 17.8. The van der Waals surface area contributed by atoms with Gasteiger partial charge in [-0.1, -0.05) is 32.9 Å². The second kappa shape index (κ2) is 6.91. The van der Waals surface area contributed by atoms with Gasteiger partial charge in [0.05, 0.1) is 12.2 Å². The van der Waals surface area contributed by atoms with Gasteiger partial charge in [0.25, 0.3) is 5.91 Å². The Morgan fingerprint density at radius 2 is 1.70 bits per heavy atom. The highest BCUT2D eigenvalue weighted by Gasteiger charge is 2.29. The Morgan fingerprint density at radius 1 is 1.17 bits per heavy atom. The van der Waals surface area contributed by atoms with Crippen LogP contribution < -0.4 is 4.74 Å². The molecular formula is C19H29NO3. The minimum Gasteiger partial charge on any atom is -0.481 e. The molecule has 128 valence electrons. The lowest BCUT2D eigenvalue weighted by atomic mass is 9.87. The van der Waals surface area contributed by atoms with Crippen LogP contribution in [0.15, 0.2) is 24.3 Å². The van der Waals surface area contributed by atoms with Crippen LogP contribution in [-0.2, 0) is 14.9 Å². The SMILES string of the molecule is C[C@@H]1CN(C(=O)[C@H](C)Oc2ccc(C(C)(C)C)cc2)C[C@H](C)O1. The van der Waals surface area contributed by atoms with Crippen LogP contribution in [0, 0.1) is 0 Å². The minimum atomic E-state index is -0.493. The monoisotopic (exact) mass is 319 g/mol. The maximum atomic E-state index is 12.6. The highest BCUT2D eigenvalue weighted by atomic mass is 16.5. The number of hydrogen-bond acceptors (Lipinski definition) is 3. The largest absolute Gasteiger partial charge is 0.481 e. The van der Waals surface area contributed by atoms with Crippen LogP contribution in [-0.4, -0.2) is 42.2 Å². The molecule has 0 aromatic heterocycles. The summed E-state index contributed by atoms with van der Waals surface area (Å²) in [6, 6.07) is 8.00. The molecule has 4 heteroatoms. The molecule has 0 aliphatic carbocycles. The molecule has 0 saturated carbocycles. The van der Waals surface area contributed by atoms with Crippen molar-refractivity contribution in [3.8, 4) is 5.75 Å². The topological polar surface area (TPSA) is 38.8 Å². The summed E-state index contributed by atoms with van der Waals surface area (Å²) in [5.74, 6) is 0.750. The highest BCUT2D eigenvalue weighted by molar-refractivity contribution is 5.81. The second-order valence-electron chi connectivity index (χ2n) is 7.53. The average Bonchev–Trinajstić information content (AvgIpc) is 2.45. The molecule has 4 nitrogen and oxygen atoms in total. The van der Waals surface area contributed by atoms with Crippen molar-refractivity contribution in [1.29, 1.82) is 0 Å². The summed E-state index contributed by atoms with van der Waals surface area (Å²) >= 11 is 0. The van der Waals surface area contributed by atoms with E-state index in [0.717, 1.165) is 5.75 Å². The smallest absolute Gasteiger partial charge is 0.263 e. The van der Waals surface area contributed by atoms with Crippen LogP contribution in [0.2, 0.25) is 0 Å². The van der Waals surface area contributed by atoms with Gasteiger partial charge in [-0.3, -0.25) is 4.79 Å². The van der Waals surface area contributed by atoms with Crippen molar-refractivity contribution >= 4 is 5.91 Å². The Bertz CT molecular complexity index is 523. The molecule has 23 heavy (non-hydrogen) atoms. The molecule has 0 spiro atoms. The van der Waals surface area contributed by atoms with Gasteiger partial charge in [0.15, 0.2) is 6.10 Å².